The van der Waals surface area contributed by atoms with Gasteiger partial charge in [0.2, 0.25) is 0 Å². The number of carbonyl (C=O) groups is 1. The molecule has 0 radical (unpaired) electrons. The fraction of sp³-hybridized carbons (Fsp3) is 0.174. The molecule has 0 spiro atoms. The molecule has 0 amide bonds. The third-order valence-corrected chi connectivity index (χ3v) is 6.43. The van der Waals surface area contributed by atoms with Gasteiger partial charge in [0, 0.05) is 21.5 Å². The number of carbonyl (C=O) groups excluding carboxylic acids is 1. The second-order valence-electron chi connectivity index (χ2n) is 7.23. The monoisotopic (exact) mass is 440 g/mol. The summed E-state index contributed by atoms with van der Waals surface area (Å²) in [5, 5.41) is 3.04. The van der Waals surface area contributed by atoms with Gasteiger partial charge < -0.3 is 0 Å². The summed E-state index contributed by atoms with van der Waals surface area (Å²) in [4.78, 5) is 31.3. The van der Waals surface area contributed by atoms with Crippen molar-refractivity contribution < 1.29 is 9.18 Å². The van der Waals surface area contributed by atoms with Crippen molar-refractivity contribution in [1.29, 1.82) is 0 Å². The van der Waals surface area contributed by atoms with Gasteiger partial charge in [-0.2, -0.15) is 0 Å². The molecule has 0 unspecified atom stereocenters. The van der Waals surface area contributed by atoms with E-state index < -0.39 is 0 Å². The Bertz CT molecular complexity index is 1370. The first kappa shape index (κ1) is 20.4. The van der Waals surface area contributed by atoms with Crippen molar-refractivity contribution in [2.24, 2.45) is 0 Å². The number of thiophene rings is 1. The molecule has 30 heavy (non-hydrogen) atoms. The van der Waals surface area contributed by atoms with Crippen LogP contribution < -0.4 is 5.56 Å². The molecule has 0 aliphatic rings. The van der Waals surface area contributed by atoms with Gasteiger partial charge in [-0.15, -0.1) is 11.3 Å². The van der Waals surface area contributed by atoms with Crippen molar-refractivity contribution >= 4 is 38.9 Å². The second-order valence-corrected chi connectivity index (χ2v) is 8.50. The molecule has 4 rings (SSSR count). The van der Waals surface area contributed by atoms with Gasteiger partial charge in [0.25, 0.3) is 5.56 Å². The molecule has 7 heteroatoms. The van der Waals surface area contributed by atoms with Crippen molar-refractivity contribution in [1.82, 2.24) is 9.55 Å². The van der Waals surface area contributed by atoms with Gasteiger partial charge in [0.05, 0.1) is 11.9 Å². The Morgan fingerprint density at radius 1 is 1.13 bits per heavy atom. The number of fused-ring (bicyclic) bond motifs is 1. The van der Waals surface area contributed by atoms with E-state index in [-0.39, 0.29) is 23.7 Å². The van der Waals surface area contributed by atoms with Gasteiger partial charge in [-0.05, 0) is 67.8 Å². The minimum absolute atomic E-state index is 0.159. The van der Waals surface area contributed by atoms with Crippen LogP contribution in [0.1, 0.15) is 27.3 Å². The van der Waals surface area contributed by atoms with Crippen LogP contribution in [-0.2, 0) is 6.54 Å². The first-order chi connectivity index (χ1) is 14.3. The van der Waals surface area contributed by atoms with E-state index in [1.165, 1.54) is 34.1 Å². The summed E-state index contributed by atoms with van der Waals surface area (Å²) in [7, 11) is 0. The second kappa shape index (κ2) is 7.78. The number of aryl methyl sites for hydroxylation is 3. The van der Waals surface area contributed by atoms with Crippen molar-refractivity contribution in [3.8, 4) is 11.1 Å². The van der Waals surface area contributed by atoms with Gasteiger partial charge in [-0.1, -0.05) is 17.7 Å². The third-order valence-electron chi connectivity index (χ3n) is 5.14. The molecule has 4 aromatic rings. The number of halogens is 2. The van der Waals surface area contributed by atoms with Crippen LogP contribution in [-0.4, -0.2) is 15.3 Å². The minimum atomic E-state index is -0.371. The summed E-state index contributed by atoms with van der Waals surface area (Å²) in [6, 6.07) is 9.79. The molecule has 0 fully saturated rings. The molecule has 2 aromatic carbocycles. The Morgan fingerprint density at radius 3 is 2.60 bits per heavy atom. The summed E-state index contributed by atoms with van der Waals surface area (Å²) in [5.41, 5.74) is 3.03. The maximum absolute atomic E-state index is 13.5. The molecule has 0 bridgehead atoms. The number of hydrogen-bond acceptors (Lipinski definition) is 4. The van der Waals surface area contributed by atoms with Gasteiger partial charge in [-0.3, -0.25) is 14.2 Å². The predicted molar refractivity (Wildman–Crippen MR) is 119 cm³/mol. The highest BCUT2D eigenvalue weighted by atomic mass is 35.5. The maximum atomic E-state index is 13.5. The summed E-state index contributed by atoms with van der Waals surface area (Å²) < 4.78 is 14.9. The number of nitrogens with zero attached hydrogens (tertiary/aromatic N) is 2. The van der Waals surface area contributed by atoms with E-state index in [9.17, 15) is 14.0 Å². The summed E-state index contributed by atoms with van der Waals surface area (Å²) in [6.07, 6.45) is 0. The summed E-state index contributed by atoms with van der Waals surface area (Å²) in [6.45, 7) is 5.05. The standard InChI is InChI=1S/C23H18ClFN2O2S/c1-12-8-15(4-6-18(12)24)17-11-30-22-21(17)23(29)27(14(3)26-22)10-20(28)16-5-7-19(25)13(2)9-16/h4-9,11H,10H2,1-3H3. The first-order valence-corrected chi connectivity index (χ1v) is 10.6. The van der Waals surface area contributed by atoms with Crippen LogP contribution in [0.3, 0.4) is 0 Å². The molecule has 0 saturated carbocycles. The number of benzene rings is 2. The van der Waals surface area contributed by atoms with E-state index in [0.717, 1.165) is 16.7 Å². The maximum Gasteiger partial charge on any atom is 0.263 e. The lowest BCUT2D eigenvalue weighted by Gasteiger charge is -2.10. The Morgan fingerprint density at radius 2 is 1.90 bits per heavy atom. The van der Waals surface area contributed by atoms with Crippen LogP contribution in [0, 0.1) is 26.6 Å². The van der Waals surface area contributed by atoms with Gasteiger partial charge in [0.15, 0.2) is 5.78 Å². The fourth-order valence-corrected chi connectivity index (χ4v) is 4.49. The van der Waals surface area contributed by atoms with E-state index >= 15 is 0 Å². The number of hydrogen-bond donors (Lipinski definition) is 0. The molecular formula is C23H18ClFN2O2S. The minimum Gasteiger partial charge on any atom is -0.292 e. The quantitative estimate of drug-likeness (QED) is 0.381. The van der Waals surface area contributed by atoms with Gasteiger partial charge >= 0.3 is 0 Å². The molecule has 0 saturated heterocycles. The zero-order valence-corrected chi connectivity index (χ0v) is 18.2. The molecule has 2 heterocycles. The molecule has 0 aliphatic heterocycles. The number of aromatic nitrogens is 2. The molecule has 4 nitrogen and oxygen atoms in total. The molecule has 2 aromatic heterocycles. The largest absolute Gasteiger partial charge is 0.292 e. The zero-order chi connectivity index (χ0) is 21.6. The van der Waals surface area contributed by atoms with Gasteiger partial charge in [-0.25, -0.2) is 9.37 Å². The first-order valence-electron chi connectivity index (χ1n) is 9.30. The van der Waals surface area contributed by atoms with Crippen LogP contribution >= 0.6 is 22.9 Å². The number of Topliss-reactive ketones (excluding diaryl/α,β-unsaturated/α-hetero) is 1. The summed E-state index contributed by atoms with van der Waals surface area (Å²) >= 11 is 7.53. The van der Waals surface area contributed by atoms with E-state index in [0.29, 0.717) is 32.2 Å². The highest BCUT2D eigenvalue weighted by Crippen LogP contribution is 2.33. The Kier molecular flexibility index (Phi) is 5.30. The predicted octanol–water partition coefficient (Wildman–Crippen LogP) is 5.73. The molecule has 0 atom stereocenters. The van der Waals surface area contributed by atoms with Crippen LogP contribution in [0.2, 0.25) is 5.02 Å². The van der Waals surface area contributed by atoms with Crippen molar-refractivity contribution in [2.75, 3.05) is 0 Å². The lowest BCUT2D eigenvalue weighted by atomic mass is 10.0. The third kappa shape index (κ3) is 3.57. The van der Waals surface area contributed by atoms with E-state index in [4.69, 9.17) is 11.6 Å². The van der Waals surface area contributed by atoms with Crippen molar-refractivity contribution in [3.05, 3.63) is 85.5 Å². The van der Waals surface area contributed by atoms with Crippen molar-refractivity contribution in [2.45, 2.75) is 27.3 Å². The molecule has 0 aliphatic carbocycles. The number of rotatable bonds is 4. The van der Waals surface area contributed by atoms with Crippen LogP contribution in [0.5, 0.6) is 0 Å². The average Bonchev–Trinajstić information content (AvgIpc) is 3.13. The average molecular weight is 441 g/mol. The van der Waals surface area contributed by atoms with E-state index in [2.05, 4.69) is 4.98 Å². The fourth-order valence-electron chi connectivity index (χ4n) is 3.39. The molecular weight excluding hydrogens is 423 g/mol. The van der Waals surface area contributed by atoms with Gasteiger partial charge in [0.1, 0.15) is 16.5 Å². The lowest BCUT2D eigenvalue weighted by Crippen LogP contribution is -2.27. The van der Waals surface area contributed by atoms with Crippen molar-refractivity contribution in [3.63, 3.8) is 0 Å². The topological polar surface area (TPSA) is 52.0 Å². The molecule has 152 valence electrons. The SMILES string of the molecule is Cc1cc(C(=O)Cn2c(C)nc3scc(-c4ccc(Cl)c(C)c4)c3c2=O)ccc1F. The van der Waals surface area contributed by atoms with E-state index in [1.807, 2.05) is 24.4 Å². The Hall–Kier alpha value is -2.83. The molecule has 0 N–H and O–H groups in total. The Balaban J connectivity index is 1.81. The smallest absolute Gasteiger partial charge is 0.263 e. The van der Waals surface area contributed by atoms with E-state index in [1.54, 1.807) is 19.9 Å². The van der Waals surface area contributed by atoms with Crippen LogP contribution in [0.15, 0.2) is 46.6 Å². The summed E-state index contributed by atoms with van der Waals surface area (Å²) in [5.74, 6) is -0.187. The number of ketones is 1. The van der Waals surface area contributed by atoms with Crippen LogP contribution in [0.25, 0.3) is 21.3 Å². The normalized spacial score (nSPS) is 11.2. The zero-order valence-electron chi connectivity index (χ0n) is 16.6. The Labute approximate surface area is 181 Å². The highest BCUT2D eigenvalue weighted by Gasteiger charge is 2.18. The highest BCUT2D eigenvalue weighted by molar-refractivity contribution is 7.17. The lowest BCUT2D eigenvalue weighted by molar-refractivity contribution is 0.0969. The van der Waals surface area contributed by atoms with Crippen LogP contribution in [0.4, 0.5) is 4.39 Å².